The quantitative estimate of drug-likeness (QED) is 0.506. The number of aliphatic hydroxyl groups is 2. The van der Waals surface area contributed by atoms with E-state index in [-0.39, 0.29) is 39.8 Å². The van der Waals surface area contributed by atoms with Gasteiger partial charge in [-0.15, -0.1) is 0 Å². The Bertz CT molecular complexity index is 1360. The predicted octanol–water partition coefficient (Wildman–Crippen LogP) is 1.78. The number of nitrogens with one attached hydrogen (secondary N) is 1. The summed E-state index contributed by atoms with van der Waals surface area (Å²) in [6.45, 7) is -0.0533. The lowest BCUT2D eigenvalue weighted by molar-refractivity contribution is -0.0663. The molecule has 2 saturated heterocycles. The summed E-state index contributed by atoms with van der Waals surface area (Å²) < 4.78 is 44.5. The lowest BCUT2D eigenvalue weighted by Crippen LogP contribution is -2.54. The van der Waals surface area contributed by atoms with E-state index in [1.807, 2.05) is 0 Å². The number of halogens is 2. The largest absolute Gasteiger partial charge is 0.393 e. The van der Waals surface area contributed by atoms with Gasteiger partial charge in [-0.3, -0.25) is 4.79 Å². The fourth-order valence-corrected chi connectivity index (χ4v) is 8.50. The Morgan fingerprint density at radius 3 is 2.66 bits per heavy atom. The minimum Gasteiger partial charge on any atom is -0.393 e. The van der Waals surface area contributed by atoms with Gasteiger partial charge >= 0.3 is 0 Å². The molecule has 2 bridgehead atoms. The lowest BCUT2D eigenvalue weighted by atomic mass is 9.88. The Hall–Kier alpha value is -2.56. The molecule has 2 unspecified atom stereocenters. The third-order valence-corrected chi connectivity index (χ3v) is 9.64. The van der Waals surface area contributed by atoms with Gasteiger partial charge < -0.3 is 20.1 Å². The topological polar surface area (TPSA) is 149 Å². The number of pyridine rings is 1. The van der Waals surface area contributed by atoms with Crippen LogP contribution in [0.3, 0.4) is 0 Å². The van der Waals surface area contributed by atoms with Crippen LogP contribution in [0.5, 0.6) is 0 Å². The SMILES string of the molecule is N#Cc1cc(NC(=O)c2c(Cl)c(S(=O)(=O)N3C4CCC3CC(O)(CO)C4)c3n2CCC3)cc(F)n1. The summed E-state index contributed by atoms with van der Waals surface area (Å²) in [5.74, 6) is -1.68. The first-order chi connectivity index (χ1) is 16.6. The van der Waals surface area contributed by atoms with Gasteiger partial charge in [-0.1, -0.05) is 11.6 Å². The summed E-state index contributed by atoms with van der Waals surface area (Å²) in [4.78, 5) is 16.5. The third kappa shape index (κ3) is 3.91. The van der Waals surface area contributed by atoms with Gasteiger partial charge in [0.1, 0.15) is 22.4 Å². The summed E-state index contributed by atoms with van der Waals surface area (Å²) in [5, 5.41) is 31.5. The Morgan fingerprint density at radius 2 is 2.03 bits per heavy atom. The normalized spacial score (nSPS) is 25.9. The molecule has 186 valence electrons. The average molecular weight is 524 g/mol. The molecule has 2 atom stereocenters. The van der Waals surface area contributed by atoms with Crippen molar-refractivity contribution < 1.29 is 27.8 Å². The fourth-order valence-electron chi connectivity index (χ4n) is 5.72. The summed E-state index contributed by atoms with van der Waals surface area (Å²) in [7, 11) is -4.12. The van der Waals surface area contributed by atoms with E-state index in [4.69, 9.17) is 16.9 Å². The van der Waals surface area contributed by atoms with E-state index in [1.54, 1.807) is 10.6 Å². The van der Waals surface area contributed by atoms with Gasteiger partial charge in [-0.05, 0) is 44.6 Å². The molecule has 0 saturated carbocycles. The van der Waals surface area contributed by atoms with Crippen LogP contribution in [0.1, 0.15) is 54.0 Å². The molecule has 2 aromatic heterocycles. The average Bonchev–Trinajstić information content (AvgIpc) is 3.44. The van der Waals surface area contributed by atoms with Crippen LogP contribution in [-0.4, -0.2) is 62.7 Å². The van der Waals surface area contributed by atoms with E-state index < -0.39 is 46.2 Å². The molecule has 3 aliphatic rings. The van der Waals surface area contributed by atoms with Crippen molar-refractivity contribution in [1.82, 2.24) is 13.9 Å². The molecule has 2 aromatic rings. The zero-order chi connectivity index (χ0) is 25.1. The van der Waals surface area contributed by atoms with Gasteiger partial charge in [0.2, 0.25) is 16.0 Å². The Balaban J connectivity index is 1.53. The number of piperidine rings is 1. The molecule has 10 nitrogen and oxygen atoms in total. The predicted molar refractivity (Wildman–Crippen MR) is 122 cm³/mol. The number of aliphatic hydroxyl groups excluding tert-OH is 1. The zero-order valence-electron chi connectivity index (χ0n) is 18.5. The molecule has 3 aliphatic heterocycles. The standard InChI is InChI=1S/C22H23ClFN5O5S/c23-18-19(21(31)27-12-6-13(10-25)26-17(24)7-12)28-5-1-2-16(28)20(18)35(33,34)29-14-3-4-15(29)9-22(32,8-14)11-30/h6-7,14-15,30,32H,1-5,8-9,11H2,(H,26,27,31). The highest BCUT2D eigenvalue weighted by Crippen LogP contribution is 2.46. The zero-order valence-corrected chi connectivity index (χ0v) is 20.1. The molecule has 0 spiro atoms. The highest BCUT2D eigenvalue weighted by atomic mass is 35.5. The summed E-state index contributed by atoms with van der Waals surface area (Å²) >= 11 is 6.59. The van der Waals surface area contributed by atoms with Crippen molar-refractivity contribution in [3.8, 4) is 6.07 Å². The second kappa shape index (κ2) is 8.53. The van der Waals surface area contributed by atoms with E-state index in [0.29, 0.717) is 37.9 Å². The van der Waals surface area contributed by atoms with E-state index in [0.717, 1.165) is 6.07 Å². The number of carbonyl (C=O) groups excluding carboxylic acids is 1. The van der Waals surface area contributed by atoms with Crippen LogP contribution in [0.25, 0.3) is 0 Å². The number of fused-ring (bicyclic) bond motifs is 3. The third-order valence-electron chi connectivity index (χ3n) is 7.06. The van der Waals surface area contributed by atoms with Crippen molar-refractivity contribution in [3.63, 3.8) is 0 Å². The minimum absolute atomic E-state index is 0.00886. The number of hydrogen-bond donors (Lipinski definition) is 3. The number of sulfonamides is 1. The van der Waals surface area contributed by atoms with Crippen molar-refractivity contribution in [2.24, 2.45) is 0 Å². The first-order valence-electron chi connectivity index (χ1n) is 11.2. The molecule has 0 aromatic carbocycles. The molecular formula is C22H23ClFN5O5S. The van der Waals surface area contributed by atoms with Crippen molar-refractivity contribution >= 4 is 33.2 Å². The van der Waals surface area contributed by atoms with Gasteiger partial charge in [-0.25, -0.2) is 13.4 Å². The number of amides is 1. The Labute approximate surface area is 206 Å². The lowest BCUT2D eigenvalue weighted by Gasteiger charge is -2.42. The van der Waals surface area contributed by atoms with Crippen molar-refractivity contribution in [2.45, 2.75) is 67.6 Å². The summed E-state index contributed by atoms with van der Waals surface area (Å²) in [6, 6.07) is 2.90. The van der Waals surface area contributed by atoms with Gasteiger partial charge in [-0.2, -0.15) is 14.0 Å². The number of aromatic nitrogens is 2. The molecule has 13 heteroatoms. The maximum absolute atomic E-state index is 13.9. The summed E-state index contributed by atoms with van der Waals surface area (Å²) in [5.41, 5.74) is -1.17. The van der Waals surface area contributed by atoms with Crippen LogP contribution >= 0.6 is 11.6 Å². The second-order valence-corrected chi connectivity index (χ2v) is 11.5. The number of anilines is 1. The molecular weight excluding hydrogens is 501 g/mol. The molecule has 0 radical (unpaired) electrons. The minimum atomic E-state index is -4.12. The number of carbonyl (C=O) groups is 1. The van der Waals surface area contributed by atoms with E-state index in [1.165, 1.54) is 10.4 Å². The Kier molecular flexibility index (Phi) is 5.89. The van der Waals surface area contributed by atoms with Gasteiger partial charge in [0, 0.05) is 36.1 Å². The van der Waals surface area contributed by atoms with Gasteiger partial charge in [0.05, 0.1) is 17.2 Å². The highest BCUT2D eigenvalue weighted by Gasteiger charge is 2.53. The first-order valence-corrected chi connectivity index (χ1v) is 13.1. The summed E-state index contributed by atoms with van der Waals surface area (Å²) in [6.07, 6.45) is 2.39. The number of nitrogens with zero attached hydrogens (tertiary/aromatic N) is 4. The van der Waals surface area contributed by atoms with Crippen LogP contribution < -0.4 is 5.32 Å². The second-order valence-electron chi connectivity index (χ2n) is 9.33. The van der Waals surface area contributed by atoms with E-state index in [9.17, 15) is 27.8 Å². The first kappa shape index (κ1) is 24.1. The highest BCUT2D eigenvalue weighted by molar-refractivity contribution is 7.89. The molecule has 2 fully saturated rings. The van der Waals surface area contributed by atoms with Crippen LogP contribution in [-0.2, 0) is 23.0 Å². The smallest absolute Gasteiger partial charge is 0.273 e. The molecule has 0 aliphatic carbocycles. The van der Waals surface area contributed by atoms with Crippen LogP contribution in [0.15, 0.2) is 17.0 Å². The van der Waals surface area contributed by atoms with E-state index >= 15 is 0 Å². The van der Waals surface area contributed by atoms with Crippen molar-refractivity contribution in [1.29, 1.82) is 5.26 Å². The number of hydrogen-bond acceptors (Lipinski definition) is 7. The molecule has 35 heavy (non-hydrogen) atoms. The molecule has 5 rings (SSSR count). The van der Waals surface area contributed by atoms with Crippen LogP contribution in [0.2, 0.25) is 5.02 Å². The monoisotopic (exact) mass is 523 g/mol. The van der Waals surface area contributed by atoms with E-state index in [2.05, 4.69) is 10.3 Å². The fraction of sp³-hybridized carbons (Fsp3) is 0.500. The van der Waals surface area contributed by atoms with Crippen LogP contribution in [0.4, 0.5) is 10.1 Å². The number of nitriles is 1. The van der Waals surface area contributed by atoms with Crippen LogP contribution in [0, 0.1) is 17.3 Å². The van der Waals surface area contributed by atoms with Crippen molar-refractivity contribution in [3.05, 3.63) is 40.2 Å². The maximum Gasteiger partial charge on any atom is 0.273 e. The molecule has 5 heterocycles. The number of rotatable bonds is 5. The maximum atomic E-state index is 13.9. The van der Waals surface area contributed by atoms with Crippen molar-refractivity contribution in [2.75, 3.05) is 11.9 Å². The van der Waals surface area contributed by atoms with Gasteiger partial charge in [0.25, 0.3) is 5.91 Å². The molecule has 3 N–H and O–H groups in total. The Morgan fingerprint density at radius 1 is 1.34 bits per heavy atom. The molecule has 1 amide bonds. The van der Waals surface area contributed by atoms with Gasteiger partial charge in [0.15, 0.2) is 0 Å².